The molecule has 3 unspecified atom stereocenters. The molecule has 2 aliphatic heterocycles. The van der Waals surface area contributed by atoms with E-state index in [1.165, 1.54) is 6.33 Å². The van der Waals surface area contributed by atoms with Crippen LogP contribution in [0.15, 0.2) is 6.33 Å². The van der Waals surface area contributed by atoms with Gasteiger partial charge in [0.15, 0.2) is 0 Å². The first-order chi connectivity index (χ1) is 8.65. The van der Waals surface area contributed by atoms with E-state index in [-0.39, 0.29) is 34.9 Å². The number of nitrogens with zero attached hydrogens (tertiary/aromatic N) is 3. The molecule has 0 radical (unpaired) electrons. The standard InChI is InChI=1S/C10H11ClN4O3/c11-9-8(15(16)17)10(13-4-12-9)14-6-3-5-1-2-7(6)18-5/h4-7H,1-3H2,(H,12,13,14). The summed E-state index contributed by atoms with van der Waals surface area (Å²) >= 11 is 5.72. The van der Waals surface area contributed by atoms with Crippen molar-refractivity contribution >= 4 is 23.1 Å². The number of nitrogens with one attached hydrogen (secondary N) is 1. The van der Waals surface area contributed by atoms with Crippen LogP contribution < -0.4 is 5.32 Å². The van der Waals surface area contributed by atoms with Crippen molar-refractivity contribution in [3.63, 3.8) is 0 Å². The van der Waals surface area contributed by atoms with Crippen molar-refractivity contribution in [3.05, 3.63) is 21.6 Å². The zero-order valence-corrected chi connectivity index (χ0v) is 10.1. The molecular formula is C10H11ClN4O3. The monoisotopic (exact) mass is 270 g/mol. The third-order valence-electron chi connectivity index (χ3n) is 3.39. The summed E-state index contributed by atoms with van der Waals surface area (Å²) in [5.74, 6) is 0.168. The number of halogens is 1. The van der Waals surface area contributed by atoms with Crippen molar-refractivity contribution in [1.29, 1.82) is 0 Å². The molecule has 1 aromatic rings. The maximum Gasteiger partial charge on any atom is 0.348 e. The third kappa shape index (κ3) is 1.89. The molecule has 96 valence electrons. The van der Waals surface area contributed by atoms with Crippen molar-refractivity contribution in [3.8, 4) is 0 Å². The maximum atomic E-state index is 10.9. The van der Waals surface area contributed by atoms with Crippen LogP contribution in [-0.2, 0) is 4.74 Å². The van der Waals surface area contributed by atoms with E-state index in [2.05, 4.69) is 15.3 Å². The molecule has 1 N–H and O–H groups in total. The predicted molar refractivity (Wildman–Crippen MR) is 63.6 cm³/mol. The van der Waals surface area contributed by atoms with Gasteiger partial charge in [-0.15, -0.1) is 0 Å². The van der Waals surface area contributed by atoms with E-state index >= 15 is 0 Å². The third-order valence-corrected chi connectivity index (χ3v) is 3.66. The van der Waals surface area contributed by atoms with E-state index < -0.39 is 4.92 Å². The molecule has 0 spiro atoms. The van der Waals surface area contributed by atoms with E-state index in [1.807, 2.05) is 0 Å². The average Bonchev–Trinajstić information content (AvgIpc) is 2.90. The lowest BCUT2D eigenvalue weighted by Crippen LogP contribution is -2.31. The molecule has 0 amide bonds. The Hall–Kier alpha value is -1.47. The molecule has 2 bridgehead atoms. The lowest BCUT2D eigenvalue weighted by atomic mass is 9.95. The van der Waals surface area contributed by atoms with Gasteiger partial charge < -0.3 is 10.1 Å². The van der Waals surface area contributed by atoms with Gasteiger partial charge in [-0.1, -0.05) is 11.6 Å². The fourth-order valence-electron chi connectivity index (χ4n) is 2.59. The van der Waals surface area contributed by atoms with Gasteiger partial charge >= 0.3 is 5.69 Å². The van der Waals surface area contributed by atoms with Crippen LogP contribution in [0, 0.1) is 10.1 Å². The van der Waals surface area contributed by atoms with Crippen molar-refractivity contribution in [2.24, 2.45) is 0 Å². The van der Waals surface area contributed by atoms with Gasteiger partial charge in [0.2, 0.25) is 11.0 Å². The van der Waals surface area contributed by atoms with Gasteiger partial charge in [0, 0.05) is 0 Å². The maximum absolute atomic E-state index is 10.9. The summed E-state index contributed by atoms with van der Waals surface area (Å²) in [6, 6.07) is 0.0633. The zero-order valence-electron chi connectivity index (χ0n) is 9.38. The first kappa shape index (κ1) is 11.6. The number of rotatable bonds is 3. The average molecular weight is 271 g/mol. The van der Waals surface area contributed by atoms with Gasteiger partial charge in [-0.05, 0) is 19.3 Å². The molecule has 2 saturated heterocycles. The minimum absolute atomic E-state index is 0.0633. The van der Waals surface area contributed by atoms with Crippen molar-refractivity contribution in [2.75, 3.05) is 5.32 Å². The summed E-state index contributed by atoms with van der Waals surface area (Å²) in [4.78, 5) is 17.9. The summed E-state index contributed by atoms with van der Waals surface area (Å²) in [5.41, 5.74) is -0.276. The van der Waals surface area contributed by atoms with Crippen LogP contribution in [0.5, 0.6) is 0 Å². The molecule has 3 heterocycles. The minimum atomic E-state index is -0.571. The molecule has 1 aromatic heterocycles. The summed E-state index contributed by atoms with van der Waals surface area (Å²) in [5, 5.41) is 13.9. The summed E-state index contributed by atoms with van der Waals surface area (Å²) in [6.45, 7) is 0. The van der Waals surface area contributed by atoms with Gasteiger partial charge in [-0.3, -0.25) is 10.1 Å². The fraction of sp³-hybridized carbons (Fsp3) is 0.600. The Bertz CT molecular complexity index is 498. The quantitative estimate of drug-likeness (QED) is 0.511. The highest BCUT2D eigenvalue weighted by molar-refractivity contribution is 6.31. The molecular weight excluding hydrogens is 260 g/mol. The highest BCUT2D eigenvalue weighted by atomic mass is 35.5. The van der Waals surface area contributed by atoms with E-state index in [4.69, 9.17) is 16.3 Å². The largest absolute Gasteiger partial charge is 0.373 e. The Morgan fingerprint density at radius 2 is 2.33 bits per heavy atom. The van der Waals surface area contributed by atoms with Gasteiger partial charge in [0.25, 0.3) is 0 Å². The Morgan fingerprint density at radius 1 is 1.50 bits per heavy atom. The van der Waals surface area contributed by atoms with Gasteiger partial charge in [0.05, 0.1) is 23.2 Å². The summed E-state index contributed by atoms with van der Waals surface area (Å²) in [7, 11) is 0. The number of aromatic nitrogens is 2. The molecule has 18 heavy (non-hydrogen) atoms. The first-order valence-electron chi connectivity index (χ1n) is 5.72. The second-order valence-electron chi connectivity index (χ2n) is 4.48. The zero-order chi connectivity index (χ0) is 12.7. The predicted octanol–water partition coefficient (Wildman–Crippen LogP) is 1.77. The van der Waals surface area contributed by atoms with Crippen LogP contribution in [0.3, 0.4) is 0 Å². The number of hydrogen-bond donors (Lipinski definition) is 1. The van der Waals surface area contributed by atoms with Crippen LogP contribution in [0.2, 0.25) is 5.15 Å². The molecule has 0 aromatic carbocycles. The Morgan fingerprint density at radius 3 is 2.94 bits per heavy atom. The lowest BCUT2D eigenvalue weighted by Gasteiger charge is -2.20. The van der Waals surface area contributed by atoms with E-state index in [1.54, 1.807) is 0 Å². The van der Waals surface area contributed by atoms with Gasteiger partial charge in [0.1, 0.15) is 6.33 Å². The van der Waals surface area contributed by atoms with Crippen molar-refractivity contribution in [2.45, 2.75) is 37.5 Å². The Labute approximate surface area is 108 Å². The minimum Gasteiger partial charge on any atom is -0.373 e. The number of ether oxygens (including phenoxy) is 1. The van der Waals surface area contributed by atoms with E-state index in [9.17, 15) is 10.1 Å². The number of nitro groups is 1. The SMILES string of the molecule is O=[N+]([O-])c1c(Cl)ncnc1NC1CC2CCC1O2. The van der Waals surface area contributed by atoms with Crippen LogP contribution in [0.1, 0.15) is 19.3 Å². The van der Waals surface area contributed by atoms with Crippen LogP contribution in [0.4, 0.5) is 11.5 Å². The first-order valence-corrected chi connectivity index (χ1v) is 6.10. The molecule has 0 saturated carbocycles. The van der Waals surface area contributed by atoms with Crippen LogP contribution >= 0.6 is 11.6 Å². The topological polar surface area (TPSA) is 90.2 Å². The molecule has 2 fully saturated rings. The van der Waals surface area contributed by atoms with Crippen LogP contribution in [0.25, 0.3) is 0 Å². The molecule has 0 aliphatic carbocycles. The molecule has 2 aliphatic rings. The highest BCUT2D eigenvalue weighted by Crippen LogP contribution is 2.37. The molecule has 3 rings (SSSR count). The lowest BCUT2D eigenvalue weighted by molar-refractivity contribution is -0.384. The highest BCUT2D eigenvalue weighted by Gasteiger charge is 2.41. The molecule has 7 nitrogen and oxygen atoms in total. The van der Waals surface area contributed by atoms with E-state index in [0.29, 0.717) is 0 Å². The van der Waals surface area contributed by atoms with Crippen LogP contribution in [-0.4, -0.2) is 33.1 Å². The summed E-state index contributed by atoms with van der Waals surface area (Å²) in [6.07, 6.45) is 4.49. The van der Waals surface area contributed by atoms with Crippen molar-refractivity contribution < 1.29 is 9.66 Å². The molecule has 3 atom stereocenters. The smallest absolute Gasteiger partial charge is 0.348 e. The number of hydrogen-bond acceptors (Lipinski definition) is 6. The van der Waals surface area contributed by atoms with E-state index in [0.717, 1.165) is 19.3 Å². The fourth-order valence-corrected chi connectivity index (χ4v) is 2.79. The normalized spacial score (nSPS) is 29.5. The molecule has 8 heteroatoms. The van der Waals surface area contributed by atoms with Gasteiger partial charge in [-0.2, -0.15) is 0 Å². The number of anilines is 1. The van der Waals surface area contributed by atoms with Crippen molar-refractivity contribution in [1.82, 2.24) is 9.97 Å². The van der Waals surface area contributed by atoms with Gasteiger partial charge in [-0.25, -0.2) is 9.97 Å². The second kappa shape index (κ2) is 4.33. The second-order valence-corrected chi connectivity index (χ2v) is 4.84. The Kier molecular flexibility index (Phi) is 2.79. The summed E-state index contributed by atoms with van der Waals surface area (Å²) < 4.78 is 5.68. The Balaban J connectivity index is 1.84. The number of fused-ring (bicyclic) bond motifs is 2.